The van der Waals surface area contributed by atoms with Gasteiger partial charge in [0.25, 0.3) is 0 Å². The molecule has 6 heteroatoms. The minimum absolute atomic E-state index is 0.316. The van der Waals surface area contributed by atoms with Gasteiger partial charge in [0.15, 0.2) is 0 Å². The number of nitrogen functional groups attached to an aromatic ring is 1. The smallest absolute Gasteiger partial charge is 0.223 e. The minimum Gasteiger partial charge on any atom is -0.380 e. The predicted octanol–water partition coefficient (Wildman–Crippen LogP) is 1.11. The topological polar surface area (TPSA) is 76.3 Å². The van der Waals surface area contributed by atoms with E-state index in [0.717, 1.165) is 57.3 Å². The van der Waals surface area contributed by atoms with Crippen LogP contribution in [-0.4, -0.2) is 42.8 Å². The molecular weight excluding hydrogens is 230 g/mol. The van der Waals surface area contributed by atoms with Crippen molar-refractivity contribution >= 4 is 17.6 Å². The summed E-state index contributed by atoms with van der Waals surface area (Å²) < 4.78 is 5.44. The Kier molecular flexibility index (Phi) is 4.58. The quantitative estimate of drug-likeness (QED) is 0.834. The summed E-state index contributed by atoms with van der Waals surface area (Å²) in [5, 5.41) is 3.24. The first-order valence-corrected chi connectivity index (χ1v) is 6.50. The first-order valence-electron chi connectivity index (χ1n) is 6.50. The van der Waals surface area contributed by atoms with Gasteiger partial charge < -0.3 is 20.7 Å². The SMILES string of the molecule is CCCNc1cc(N2CCCOCC2)nc(N)n1. The van der Waals surface area contributed by atoms with Crippen molar-refractivity contribution in [1.82, 2.24) is 9.97 Å². The number of ether oxygens (including phenoxy) is 1. The molecule has 100 valence electrons. The third-order valence-electron chi connectivity index (χ3n) is 2.83. The first kappa shape index (κ1) is 12.9. The highest BCUT2D eigenvalue weighted by atomic mass is 16.5. The molecule has 0 radical (unpaired) electrons. The van der Waals surface area contributed by atoms with E-state index in [-0.39, 0.29) is 0 Å². The van der Waals surface area contributed by atoms with Crippen LogP contribution in [0.1, 0.15) is 19.8 Å². The van der Waals surface area contributed by atoms with Gasteiger partial charge in [-0.3, -0.25) is 0 Å². The summed E-state index contributed by atoms with van der Waals surface area (Å²) in [7, 11) is 0. The van der Waals surface area contributed by atoms with E-state index in [1.807, 2.05) is 6.07 Å². The van der Waals surface area contributed by atoms with Crippen molar-refractivity contribution in [1.29, 1.82) is 0 Å². The van der Waals surface area contributed by atoms with Gasteiger partial charge in [0.2, 0.25) is 5.95 Å². The first-order chi connectivity index (χ1) is 8.79. The van der Waals surface area contributed by atoms with Crippen LogP contribution in [-0.2, 0) is 4.74 Å². The van der Waals surface area contributed by atoms with Crippen molar-refractivity contribution < 1.29 is 4.74 Å². The normalized spacial score (nSPS) is 16.4. The van der Waals surface area contributed by atoms with Gasteiger partial charge in [0.1, 0.15) is 11.6 Å². The highest BCUT2D eigenvalue weighted by Gasteiger charge is 2.13. The molecule has 18 heavy (non-hydrogen) atoms. The minimum atomic E-state index is 0.316. The van der Waals surface area contributed by atoms with Crippen LogP contribution in [0, 0.1) is 0 Å². The molecule has 1 saturated heterocycles. The Labute approximate surface area is 108 Å². The van der Waals surface area contributed by atoms with E-state index in [1.165, 1.54) is 0 Å². The van der Waals surface area contributed by atoms with Crippen molar-refractivity contribution in [3.05, 3.63) is 6.07 Å². The summed E-state index contributed by atoms with van der Waals surface area (Å²) in [6.07, 6.45) is 2.07. The molecular formula is C12H21N5O. The van der Waals surface area contributed by atoms with Crippen LogP contribution in [0.2, 0.25) is 0 Å². The van der Waals surface area contributed by atoms with E-state index in [1.54, 1.807) is 0 Å². The molecule has 0 saturated carbocycles. The number of hydrogen-bond donors (Lipinski definition) is 2. The third kappa shape index (κ3) is 3.46. The maximum absolute atomic E-state index is 5.76. The molecule has 0 atom stereocenters. The van der Waals surface area contributed by atoms with E-state index in [2.05, 4.69) is 27.1 Å². The van der Waals surface area contributed by atoms with E-state index in [4.69, 9.17) is 10.5 Å². The Morgan fingerprint density at radius 3 is 3.11 bits per heavy atom. The van der Waals surface area contributed by atoms with Crippen LogP contribution in [0.3, 0.4) is 0 Å². The van der Waals surface area contributed by atoms with Crippen LogP contribution in [0.25, 0.3) is 0 Å². The van der Waals surface area contributed by atoms with Gasteiger partial charge in [-0.15, -0.1) is 0 Å². The second-order valence-corrected chi connectivity index (χ2v) is 4.35. The van der Waals surface area contributed by atoms with Crippen LogP contribution in [0.4, 0.5) is 17.6 Å². The molecule has 1 aliphatic rings. The van der Waals surface area contributed by atoms with Gasteiger partial charge in [0, 0.05) is 32.3 Å². The number of hydrogen-bond acceptors (Lipinski definition) is 6. The van der Waals surface area contributed by atoms with Crippen LogP contribution >= 0.6 is 0 Å². The van der Waals surface area contributed by atoms with E-state index in [0.29, 0.717) is 5.95 Å². The zero-order valence-corrected chi connectivity index (χ0v) is 10.9. The van der Waals surface area contributed by atoms with Crippen molar-refractivity contribution in [2.75, 3.05) is 48.8 Å². The van der Waals surface area contributed by atoms with Gasteiger partial charge >= 0.3 is 0 Å². The fourth-order valence-corrected chi connectivity index (χ4v) is 1.93. The largest absolute Gasteiger partial charge is 0.380 e. The number of nitrogens with two attached hydrogens (primary N) is 1. The summed E-state index contributed by atoms with van der Waals surface area (Å²) in [6.45, 7) is 6.36. The van der Waals surface area contributed by atoms with E-state index < -0.39 is 0 Å². The van der Waals surface area contributed by atoms with Gasteiger partial charge in [-0.1, -0.05) is 6.92 Å². The standard InChI is InChI=1S/C12H21N5O/c1-2-4-14-10-9-11(16-12(13)15-10)17-5-3-7-18-8-6-17/h9H,2-8H2,1H3,(H3,13,14,15,16). The van der Waals surface area contributed by atoms with Crippen molar-refractivity contribution in [3.63, 3.8) is 0 Å². The number of anilines is 3. The molecule has 1 fully saturated rings. The monoisotopic (exact) mass is 251 g/mol. The molecule has 0 amide bonds. The number of aromatic nitrogens is 2. The molecule has 0 aliphatic carbocycles. The van der Waals surface area contributed by atoms with Gasteiger partial charge in [-0.2, -0.15) is 9.97 Å². The molecule has 2 rings (SSSR count). The van der Waals surface area contributed by atoms with E-state index >= 15 is 0 Å². The lowest BCUT2D eigenvalue weighted by atomic mass is 10.3. The Morgan fingerprint density at radius 1 is 1.39 bits per heavy atom. The lowest BCUT2D eigenvalue weighted by Gasteiger charge is -2.21. The van der Waals surface area contributed by atoms with Crippen LogP contribution in [0.15, 0.2) is 6.07 Å². The van der Waals surface area contributed by atoms with Gasteiger partial charge in [0.05, 0.1) is 6.61 Å². The average Bonchev–Trinajstić information content (AvgIpc) is 2.64. The van der Waals surface area contributed by atoms with Gasteiger partial charge in [-0.25, -0.2) is 0 Å². The highest BCUT2D eigenvalue weighted by Crippen LogP contribution is 2.18. The van der Waals surface area contributed by atoms with Crippen LogP contribution in [0.5, 0.6) is 0 Å². The second-order valence-electron chi connectivity index (χ2n) is 4.35. The summed E-state index contributed by atoms with van der Waals surface area (Å²) >= 11 is 0. The molecule has 1 aromatic rings. The zero-order valence-electron chi connectivity index (χ0n) is 10.9. The van der Waals surface area contributed by atoms with Crippen molar-refractivity contribution in [2.45, 2.75) is 19.8 Å². The second kappa shape index (κ2) is 6.39. The van der Waals surface area contributed by atoms with Crippen LogP contribution < -0.4 is 16.0 Å². The number of rotatable bonds is 4. The predicted molar refractivity (Wildman–Crippen MR) is 72.9 cm³/mol. The molecule has 1 aliphatic heterocycles. The Bertz CT molecular complexity index is 377. The molecule has 0 aromatic carbocycles. The fourth-order valence-electron chi connectivity index (χ4n) is 1.93. The molecule has 1 aromatic heterocycles. The summed E-state index contributed by atoms with van der Waals surface area (Å²) in [4.78, 5) is 10.7. The molecule has 0 bridgehead atoms. The summed E-state index contributed by atoms with van der Waals surface area (Å²) in [5.41, 5.74) is 5.76. The molecule has 0 spiro atoms. The number of nitrogens with one attached hydrogen (secondary N) is 1. The van der Waals surface area contributed by atoms with E-state index in [9.17, 15) is 0 Å². The Hall–Kier alpha value is -1.56. The molecule has 3 N–H and O–H groups in total. The average molecular weight is 251 g/mol. The number of nitrogens with zero attached hydrogens (tertiary/aromatic N) is 3. The summed E-state index contributed by atoms with van der Waals surface area (Å²) in [5.74, 6) is 1.99. The Balaban J connectivity index is 2.12. The van der Waals surface area contributed by atoms with Gasteiger partial charge in [-0.05, 0) is 12.8 Å². The third-order valence-corrected chi connectivity index (χ3v) is 2.83. The van der Waals surface area contributed by atoms with Crippen molar-refractivity contribution in [2.24, 2.45) is 0 Å². The molecule has 0 unspecified atom stereocenters. The Morgan fingerprint density at radius 2 is 2.28 bits per heavy atom. The maximum atomic E-state index is 5.76. The molecule has 6 nitrogen and oxygen atoms in total. The lowest BCUT2D eigenvalue weighted by molar-refractivity contribution is 0.152. The highest BCUT2D eigenvalue weighted by molar-refractivity contribution is 5.52. The lowest BCUT2D eigenvalue weighted by Crippen LogP contribution is -2.27. The van der Waals surface area contributed by atoms with Crippen molar-refractivity contribution in [3.8, 4) is 0 Å². The fraction of sp³-hybridized carbons (Fsp3) is 0.667. The maximum Gasteiger partial charge on any atom is 0.223 e. The zero-order chi connectivity index (χ0) is 12.8. The summed E-state index contributed by atoms with van der Waals surface area (Å²) in [6, 6.07) is 1.96. The molecule has 2 heterocycles.